The number of rotatable bonds is 43. The molecule has 0 saturated carbocycles. The van der Waals surface area contributed by atoms with Crippen molar-refractivity contribution >= 4 is 11.9 Å². The summed E-state index contributed by atoms with van der Waals surface area (Å²) in [6, 6.07) is -0.724. The molecule has 0 aromatic heterocycles. The van der Waals surface area contributed by atoms with Gasteiger partial charge in [-0.3, -0.25) is 9.59 Å². The van der Waals surface area contributed by atoms with Crippen molar-refractivity contribution in [2.45, 2.75) is 238 Å². The lowest BCUT2D eigenvalue weighted by molar-refractivity contribution is -0.151. The SMILES string of the molecule is CC/C=C/C=C/C=C\C=C/C=C/CCCC(=O)OC(CCCCCCC/C=C\C/C=C\CCCCC)CC(=O)NC(CO)C(O)CCCCCCCCCCCCCCC. The van der Waals surface area contributed by atoms with E-state index in [9.17, 15) is 19.8 Å². The number of unbranched alkanes of at least 4 members (excludes halogenated alkanes) is 21. The summed E-state index contributed by atoms with van der Waals surface area (Å²) in [7, 11) is 0. The third kappa shape index (κ3) is 41.8. The van der Waals surface area contributed by atoms with Gasteiger partial charge in [-0.05, 0) is 70.6 Å². The van der Waals surface area contributed by atoms with Gasteiger partial charge in [0.1, 0.15) is 6.10 Å². The Balaban J connectivity index is 4.73. The van der Waals surface area contributed by atoms with Crippen molar-refractivity contribution in [3.63, 3.8) is 0 Å². The predicted octanol–water partition coefficient (Wildman–Crippen LogP) is 14.8. The Bertz CT molecular complexity index is 1160. The smallest absolute Gasteiger partial charge is 0.306 e. The molecular weight excluding hydrogens is 743 g/mol. The molecule has 0 aliphatic carbocycles. The van der Waals surface area contributed by atoms with Gasteiger partial charge >= 0.3 is 5.97 Å². The number of ether oxygens (including phenoxy) is 1. The minimum atomic E-state index is -0.807. The lowest BCUT2D eigenvalue weighted by atomic mass is 10.0. The van der Waals surface area contributed by atoms with Crippen LogP contribution in [0.1, 0.15) is 220 Å². The molecule has 60 heavy (non-hydrogen) atoms. The van der Waals surface area contributed by atoms with E-state index in [0.29, 0.717) is 25.7 Å². The van der Waals surface area contributed by atoms with Crippen LogP contribution in [-0.2, 0) is 14.3 Å². The summed E-state index contributed by atoms with van der Waals surface area (Å²) in [4.78, 5) is 26.1. The predicted molar refractivity (Wildman–Crippen MR) is 259 cm³/mol. The summed E-state index contributed by atoms with van der Waals surface area (Å²) in [6.07, 6.45) is 60.7. The summed E-state index contributed by atoms with van der Waals surface area (Å²) in [5.41, 5.74) is 0. The third-order valence-corrected chi connectivity index (χ3v) is 10.8. The van der Waals surface area contributed by atoms with Crippen molar-refractivity contribution in [1.29, 1.82) is 0 Å². The maximum absolute atomic E-state index is 13.2. The molecule has 0 rings (SSSR count). The lowest BCUT2D eigenvalue weighted by Crippen LogP contribution is -2.46. The molecule has 6 nitrogen and oxygen atoms in total. The number of allylic oxidation sites excluding steroid dienone is 14. The summed E-state index contributed by atoms with van der Waals surface area (Å²) < 4.78 is 5.88. The Morgan fingerprint density at radius 1 is 0.517 bits per heavy atom. The average Bonchev–Trinajstić information content (AvgIpc) is 3.24. The second kappa shape index (κ2) is 47.1. The highest BCUT2D eigenvalue weighted by atomic mass is 16.5. The zero-order valence-electron chi connectivity index (χ0n) is 39.1. The van der Waals surface area contributed by atoms with Crippen LogP contribution in [0.15, 0.2) is 85.1 Å². The van der Waals surface area contributed by atoms with Crippen LogP contribution in [0.4, 0.5) is 0 Å². The number of hydrogen-bond acceptors (Lipinski definition) is 5. The summed E-state index contributed by atoms with van der Waals surface area (Å²) in [6.45, 7) is 6.28. The normalized spacial score (nSPS) is 14.0. The number of aliphatic hydroxyl groups is 2. The fourth-order valence-electron chi connectivity index (χ4n) is 7.08. The number of amides is 1. The largest absolute Gasteiger partial charge is 0.462 e. The summed E-state index contributed by atoms with van der Waals surface area (Å²) >= 11 is 0. The highest BCUT2D eigenvalue weighted by Crippen LogP contribution is 2.17. The fraction of sp³-hybridized carbons (Fsp3) is 0.704. The number of hydrogen-bond donors (Lipinski definition) is 3. The molecule has 0 aromatic rings. The molecule has 0 aromatic carbocycles. The van der Waals surface area contributed by atoms with Gasteiger partial charge in [-0.15, -0.1) is 0 Å². The van der Waals surface area contributed by atoms with Crippen LogP contribution in [0.3, 0.4) is 0 Å². The zero-order valence-corrected chi connectivity index (χ0v) is 39.1. The molecule has 6 heteroatoms. The molecule has 3 N–H and O–H groups in total. The molecule has 0 saturated heterocycles. The van der Waals surface area contributed by atoms with Gasteiger partial charge in [0.2, 0.25) is 5.91 Å². The van der Waals surface area contributed by atoms with Gasteiger partial charge in [-0.25, -0.2) is 0 Å². The number of carbonyl (C=O) groups excluding carboxylic acids is 2. The van der Waals surface area contributed by atoms with Crippen LogP contribution in [0, 0.1) is 0 Å². The van der Waals surface area contributed by atoms with E-state index in [1.807, 2.05) is 54.7 Å². The molecule has 0 spiro atoms. The van der Waals surface area contributed by atoms with Gasteiger partial charge in [0.05, 0.1) is 25.2 Å². The Labute approximate surface area is 370 Å². The minimum absolute atomic E-state index is 0.0356. The van der Waals surface area contributed by atoms with E-state index in [1.54, 1.807) is 0 Å². The first-order chi connectivity index (χ1) is 29.5. The van der Waals surface area contributed by atoms with Crippen molar-refractivity contribution < 1.29 is 24.5 Å². The maximum atomic E-state index is 13.2. The number of aliphatic hydroxyl groups excluding tert-OH is 2. The van der Waals surface area contributed by atoms with E-state index >= 15 is 0 Å². The van der Waals surface area contributed by atoms with E-state index in [4.69, 9.17) is 4.74 Å². The lowest BCUT2D eigenvalue weighted by Gasteiger charge is -2.24. The van der Waals surface area contributed by atoms with E-state index in [1.165, 1.54) is 89.9 Å². The molecule has 0 heterocycles. The second-order valence-electron chi connectivity index (χ2n) is 16.6. The zero-order chi connectivity index (χ0) is 43.8. The van der Waals surface area contributed by atoms with E-state index in [2.05, 4.69) is 56.5 Å². The van der Waals surface area contributed by atoms with Crippen molar-refractivity contribution in [1.82, 2.24) is 5.32 Å². The monoisotopic (exact) mass is 836 g/mol. The van der Waals surface area contributed by atoms with Gasteiger partial charge in [0.15, 0.2) is 0 Å². The Hall–Kier alpha value is -2.96. The van der Waals surface area contributed by atoms with Crippen molar-refractivity contribution in [3.05, 3.63) is 85.1 Å². The number of carbonyl (C=O) groups is 2. The second-order valence-corrected chi connectivity index (χ2v) is 16.6. The molecule has 0 fully saturated rings. The summed E-state index contributed by atoms with van der Waals surface area (Å²) in [5.74, 6) is -0.581. The molecule has 0 bridgehead atoms. The quantitative estimate of drug-likeness (QED) is 0.0246. The van der Waals surface area contributed by atoms with Crippen LogP contribution in [0.2, 0.25) is 0 Å². The van der Waals surface area contributed by atoms with Crippen LogP contribution in [0.25, 0.3) is 0 Å². The van der Waals surface area contributed by atoms with E-state index in [0.717, 1.165) is 77.0 Å². The average molecular weight is 836 g/mol. The Morgan fingerprint density at radius 2 is 0.967 bits per heavy atom. The first-order valence-electron chi connectivity index (χ1n) is 24.9. The molecule has 3 unspecified atom stereocenters. The number of esters is 1. The molecular formula is C54H93NO5. The van der Waals surface area contributed by atoms with E-state index < -0.39 is 18.2 Å². The first-order valence-corrected chi connectivity index (χ1v) is 24.9. The van der Waals surface area contributed by atoms with Gasteiger partial charge in [0, 0.05) is 6.42 Å². The van der Waals surface area contributed by atoms with Gasteiger partial charge in [-0.2, -0.15) is 0 Å². The molecule has 0 radical (unpaired) electrons. The Kier molecular flexibility index (Phi) is 44.8. The fourth-order valence-corrected chi connectivity index (χ4v) is 7.08. The van der Waals surface area contributed by atoms with Gasteiger partial charge in [-0.1, -0.05) is 221 Å². The summed E-state index contributed by atoms with van der Waals surface area (Å²) in [5, 5.41) is 23.7. The standard InChI is InChI=1S/C54H93NO5/c1-4-7-10-13-16-19-22-25-26-29-30-33-36-39-42-45-50(60-54(59)47-44-41-38-35-32-28-24-21-18-15-12-9-6-3)48-53(58)55-51(49-56)52(57)46-43-40-37-34-31-27-23-20-17-14-11-8-5-2/h9,12,15-16,18-19,21,24-26,28,32,35,38,50-52,56-57H,4-8,10-11,13-14,17,20,22-23,27,29-31,33-34,36-37,39-49H2,1-3H3,(H,55,58)/b12-9+,18-15+,19-16-,24-21-,26-25-,32-28-,38-35+. The minimum Gasteiger partial charge on any atom is -0.462 e. The third-order valence-electron chi connectivity index (χ3n) is 10.8. The van der Waals surface area contributed by atoms with Gasteiger partial charge < -0.3 is 20.3 Å². The topological polar surface area (TPSA) is 95.9 Å². The molecule has 3 atom stereocenters. The Morgan fingerprint density at radius 3 is 1.52 bits per heavy atom. The first kappa shape index (κ1) is 57.0. The van der Waals surface area contributed by atoms with E-state index in [-0.39, 0.29) is 24.9 Å². The van der Waals surface area contributed by atoms with Crippen LogP contribution >= 0.6 is 0 Å². The number of nitrogens with one attached hydrogen (secondary N) is 1. The molecule has 0 aliphatic heterocycles. The van der Waals surface area contributed by atoms with Crippen molar-refractivity contribution in [2.75, 3.05) is 6.61 Å². The van der Waals surface area contributed by atoms with Crippen LogP contribution in [-0.4, -0.2) is 46.9 Å². The highest BCUT2D eigenvalue weighted by molar-refractivity contribution is 5.77. The molecule has 1 amide bonds. The van der Waals surface area contributed by atoms with Crippen LogP contribution < -0.4 is 5.32 Å². The van der Waals surface area contributed by atoms with Gasteiger partial charge in [0.25, 0.3) is 0 Å². The molecule has 344 valence electrons. The van der Waals surface area contributed by atoms with Crippen molar-refractivity contribution in [3.8, 4) is 0 Å². The highest BCUT2D eigenvalue weighted by Gasteiger charge is 2.24. The van der Waals surface area contributed by atoms with Crippen LogP contribution in [0.5, 0.6) is 0 Å². The maximum Gasteiger partial charge on any atom is 0.306 e. The molecule has 0 aliphatic rings. The van der Waals surface area contributed by atoms with Crippen molar-refractivity contribution in [2.24, 2.45) is 0 Å².